The molecule has 104 valence electrons. The van der Waals surface area contributed by atoms with Crippen molar-refractivity contribution in [1.82, 2.24) is 0 Å². The number of aliphatic carboxylic acids is 1. The van der Waals surface area contributed by atoms with E-state index in [0.29, 0.717) is 6.61 Å². The van der Waals surface area contributed by atoms with Crippen molar-refractivity contribution in [1.29, 1.82) is 0 Å². The van der Waals surface area contributed by atoms with E-state index < -0.39 is 12.1 Å². The Kier molecular flexibility index (Phi) is 6.31. The van der Waals surface area contributed by atoms with Gasteiger partial charge in [0.1, 0.15) is 5.97 Å². The minimum Gasteiger partial charge on any atom is -0.542 e. The lowest BCUT2D eigenvalue weighted by Crippen LogP contribution is -2.84. The van der Waals surface area contributed by atoms with E-state index in [1.54, 1.807) is 12.3 Å². The molecule has 2 N–H and O–H groups in total. The standard InChI is InChI=1S/C7H12N2O2.C2HF3O2/c1-3-11-7(10)6-4-5(2)8-9-6;3-2(4,5)1(6)7/h6,9H,3-4H2,1-2H3;(H,6,7). The van der Waals surface area contributed by atoms with Crippen LogP contribution in [-0.2, 0) is 14.3 Å². The number of quaternary nitrogens is 1. The van der Waals surface area contributed by atoms with Crippen molar-refractivity contribution in [2.45, 2.75) is 32.5 Å². The number of ether oxygens (including phenoxy) is 1. The molecule has 1 heterocycles. The van der Waals surface area contributed by atoms with Crippen molar-refractivity contribution in [3.05, 3.63) is 0 Å². The third kappa shape index (κ3) is 6.18. The van der Waals surface area contributed by atoms with Crippen molar-refractivity contribution in [2.75, 3.05) is 6.61 Å². The van der Waals surface area contributed by atoms with E-state index in [1.165, 1.54) is 0 Å². The normalized spacial score (nSPS) is 18.5. The van der Waals surface area contributed by atoms with Gasteiger partial charge in [-0.2, -0.15) is 13.2 Å². The van der Waals surface area contributed by atoms with Gasteiger partial charge in [0, 0.05) is 0 Å². The lowest BCUT2D eigenvalue weighted by atomic mass is 10.2. The maximum Gasteiger partial charge on any atom is 0.430 e. The second kappa shape index (κ2) is 6.94. The van der Waals surface area contributed by atoms with Crippen molar-refractivity contribution in [3.8, 4) is 0 Å². The quantitative estimate of drug-likeness (QED) is 0.491. The smallest absolute Gasteiger partial charge is 0.430 e. The van der Waals surface area contributed by atoms with Gasteiger partial charge in [-0.15, -0.1) is 0 Å². The Morgan fingerprint density at radius 3 is 2.33 bits per heavy atom. The highest BCUT2D eigenvalue weighted by Crippen LogP contribution is 2.11. The Balaban J connectivity index is 0.000000360. The highest BCUT2D eigenvalue weighted by atomic mass is 19.4. The number of rotatable bonds is 2. The number of carbonyl (C=O) groups excluding carboxylic acids is 2. The molecule has 0 saturated heterocycles. The molecular formula is C9H13F3N2O4. The van der Waals surface area contributed by atoms with Gasteiger partial charge in [-0.1, -0.05) is 5.10 Å². The van der Waals surface area contributed by atoms with Crippen molar-refractivity contribution >= 4 is 17.7 Å². The first-order valence-electron chi connectivity index (χ1n) is 4.99. The maximum absolute atomic E-state index is 11.1. The number of hydrogen-bond acceptors (Lipinski definition) is 5. The van der Waals surface area contributed by atoms with Gasteiger partial charge in [-0.3, -0.25) is 0 Å². The van der Waals surface area contributed by atoms with Crippen molar-refractivity contribution in [3.63, 3.8) is 0 Å². The number of carboxylic acids is 1. The van der Waals surface area contributed by atoms with E-state index in [1.807, 2.05) is 6.92 Å². The Labute approximate surface area is 101 Å². The average molecular weight is 270 g/mol. The zero-order chi connectivity index (χ0) is 14.3. The van der Waals surface area contributed by atoms with Crippen LogP contribution in [0, 0.1) is 0 Å². The molecule has 0 spiro atoms. The monoisotopic (exact) mass is 270 g/mol. The molecule has 1 unspecified atom stereocenters. The number of halogens is 3. The molecular weight excluding hydrogens is 257 g/mol. The van der Waals surface area contributed by atoms with Gasteiger partial charge in [-0.05, 0) is 13.8 Å². The van der Waals surface area contributed by atoms with Gasteiger partial charge in [0.2, 0.25) is 6.04 Å². The minimum absolute atomic E-state index is 0.130. The molecule has 9 heteroatoms. The molecule has 0 aromatic carbocycles. The van der Waals surface area contributed by atoms with E-state index in [2.05, 4.69) is 5.10 Å². The van der Waals surface area contributed by atoms with Crippen molar-refractivity contribution in [2.24, 2.45) is 5.10 Å². The summed E-state index contributed by atoms with van der Waals surface area (Å²) in [6.07, 6.45) is -4.47. The molecule has 0 amide bonds. The third-order valence-electron chi connectivity index (χ3n) is 1.81. The van der Waals surface area contributed by atoms with Crippen LogP contribution in [0.1, 0.15) is 20.3 Å². The number of nitrogens with zero attached hydrogens (tertiary/aromatic N) is 1. The zero-order valence-electron chi connectivity index (χ0n) is 9.78. The molecule has 1 aliphatic rings. The fourth-order valence-corrected chi connectivity index (χ4v) is 1.03. The van der Waals surface area contributed by atoms with Gasteiger partial charge in [-0.25, -0.2) is 10.2 Å². The summed E-state index contributed by atoms with van der Waals surface area (Å²) in [6.45, 7) is 4.17. The van der Waals surface area contributed by atoms with E-state index in [9.17, 15) is 18.0 Å². The Morgan fingerprint density at radius 1 is 1.56 bits per heavy atom. The average Bonchev–Trinajstić information content (AvgIpc) is 2.65. The fraction of sp³-hybridized carbons (Fsp3) is 0.667. The van der Waals surface area contributed by atoms with Gasteiger partial charge in [0.15, 0.2) is 0 Å². The predicted molar refractivity (Wildman–Crippen MR) is 51.1 cm³/mol. The van der Waals surface area contributed by atoms with Crippen LogP contribution in [0.25, 0.3) is 0 Å². The molecule has 0 radical (unpaired) electrons. The second-order valence-corrected chi connectivity index (χ2v) is 3.36. The SMILES string of the molecule is CCOC(=O)C1CC(C)=N[NH2+]1.O=C([O-])C(F)(F)F. The Morgan fingerprint density at radius 2 is 2.06 bits per heavy atom. The molecule has 1 aliphatic heterocycles. The molecule has 0 aliphatic carbocycles. The van der Waals surface area contributed by atoms with Crippen LogP contribution in [-0.4, -0.2) is 36.5 Å². The largest absolute Gasteiger partial charge is 0.542 e. The number of carboxylic acid groups (broad SMARTS) is 1. The van der Waals surface area contributed by atoms with Crippen LogP contribution >= 0.6 is 0 Å². The van der Waals surface area contributed by atoms with Crippen LogP contribution in [0.4, 0.5) is 13.2 Å². The molecule has 0 aromatic rings. The summed E-state index contributed by atoms with van der Waals surface area (Å²) >= 11 is 0. The first-order valence-corrected chi connectivity index (χ1v) is 4.99. The highest BCUT2D eigenvalue weighted by Gasteiger charge is 2.29. The number of hydrogen-bond donors (Lipinski definition) is 1. The van der Waals surface area contributed by atoms with Crippen LogP contribution in [0.5, 0.6) is 0 Å². The summed E-state index contributed by atoms with van der Waals surface area (Å²) in [5, 5.41) is 12.8. The molecule has 1 rings (SSSR count). The number of alkyl halides is 3. The molecule has 0 saturated carbocycles. The first-order chi connectivity index (χ1) is 8.18. The number of nitrogens with two attached hydrogens (primary N) is 1. The summed E-state index contributed by atoms with van der Waals surface area (Å²) in [5.74, 6) is -3.17. The summed E-state index contributed by atoms with van der Waals surface area (Å²) in [4.78, 5) is 19.8. The topological polar surface area (TPSA) is 95.4 Å². The summed E-state index contributed by atoms with van der Waals surface area (Å²) in [7, 11) is 0. The molecule has 6 nitrogen and oxygen atoms in total. The van der Waals surface area contributed by atoms with E-state index >= 15 is 0 Å². The molecule has 18 heavy (non-hydrogen) atoms. The second-order valence-electron chi connectivity index (χ2n) is 3.36. The zero-order valence-corrected chi connectivity index (χ0v) is 9.78. The van der Waals surface area contributed by atoms with Crippen LogP contribution < -0.4 is 10.5 Å². The molecule has 0 aromatic heterocycles. The van der Waals surface area contributed by atoms with E-state index in [0.717, 1.165) is 12.1 Å². The van der Waals surface area contributed by atoms with Crippen molar-refractivity contribution < 1.29 is 38.0 Å². The fourth-order valence-electron chi connectivity index (χ4n) is 1.03. The molecule has 1 atom stereocenters. The maximum atomic E-state index is 11.1. The summed E-state index contributed by atoms with van der Waals surface area (Å²) in [6, 6.07) is -0.130. The summed E-state index contributed by atoms with van der Waals surface area (Å²) in [5.41, 5.74) is 2.66. The Bertz CT molecular complexity index is 341. The van der Waals surface area contributed by atoms with Gasteiger partial charge >= 0.3 is 12.1 Å². The van der Waals surface area contributed by atoms with E-state index in [-0.39, 0.29) is 12.0 Å². The number of carbonyl (C=O) groups is 2. The van der Waals surface area contributed by atoms with E-state index in [4.69, 9.17) is 14.6 Å². The van der Waals surface area contributed by atoms with Gasteiger partial charge in [0.05, 0.1) is 18.7 Å². The molecule has 0 bridgehead atoms. The highest BCUT2D eigenvalue weighted by molar-refractivity contribution is 5.88. The van der Waals surface area contributed by atoms with Gasteiger partial charge in [0.25, 0.3) is 0 Å². The lowest BCUT2D eigenvalue weighted by Gasteiger charge is -2.03. The Hall–Kier alpha value is -1.64. The van der Waals surface area contributed by atoms with Gasteiger partial charge < -0.3 is 14.6 Å². The van der Waals surface area contributed by atoms with Crippen LogP contribution in [0.15, 0.2) is 5.10 Å². The predicted octanol–water partition coefficient (Wildman–Crippen LogP) is -1.44. The third-order valence-corrected chi connectivity index (χ3v) is 1.81. The first kappa shape index (κ1) is 16.4. The number of esters is 1. The van der Waals surface area contributed by atoms with Crippen LogP contribution in [0.3, 0.4) is 0 Å². The lowest BCUT2D eigenvalue weighted by molar-refractivity contribution is -0.675. The molecule has 0 fully saturated rings. The van der Waals surface area contributed by atoms with Crippen LogP contribution in [0.2, 0.25) is 0 Å². The minimum atomic E-state index is -5.19. The summed E-state index contributed by atoms with van der Waals surface area (Å²) < 4.78 is 36.4.